The number of hydrogen-bond donors (Lipinski definition) is 1. The fraction of sp³-hybridized carbons (Fsp3) is 0.222. The first kappa shape index (κ1) is 23.1. The number of nitro groups is 1. The van der Waals surface area contributed by atoms with Crippen LogP contribution in [0, 0.1) is 10.1 Å². The summed E-state index contributed by atoms with van der Waals surface area (Å²) in [4.78, 5) is 22.6. The van der Waals surface area contributed by atoms with Crippen LogP contribution in [-0.4, -0.2) is 44.9 Å². The highest BCUT2D eigenvalue weighted by Gasteiger charge is 2.22. The summed E-state index contributed by atoms with van der Waals surface area (Å²) in [6, 6.07) is 10.0. The molecule has 0 saturated carbocycles. The summed E-state index contributed by atoms with van der Waals surface area (Å²) in [7, 11) is -2.38. The fourth-order valence-electron chi connectivity index (χ4n) is 2.43. The van der Waals surface area contributed by atoms with Crippen molar-refractivity contribution in [2.45, 2.75) is 6.92 Å². The van der Waals surface area contributed by atoms with Gasteiger partial charge >= 0.3 is 0 Å². The van der Waals surface area contributed by atoms with Crippen LogP contribution in [0.3, 0.4) is 0 Å². The van der Waals surface area contributed by atoms with E-state index in [1.54, 1.807) is 13.0 Å². The Bertz CT molecular complexity index is 1100. The van der Waals surface area contributed by atoms with E-state index in [1.807, 2.05) is 0 Å². The molecular weight excluding hydrogens is 436 g/mol. The predicted molar refractivity (Wildman–Crippen MR) is 114 cm³/mol. The van der Waals surface area contributed by atoms with E-state index in [9.17, 15) is 23.3 Å². The van der Waals surface area contributed by atoms with Gasteiger partial charge in [-0.05, 0) is 25.1 Å². The van der Waals surface area contributed by atoms with Gasteiger partial charge in [0.05, 0.1) is 34.7 Å². The molecule has 0 unspecified atom stereocenters. The Morgan fingerprint density at radius 3 is 2.57 bits per heavy atom. The average molecular weight is 455 g/mol. The van der Waals surface area contributed by atoms with Crippen molar-refractivity contribution < 1.29 is 22.9 Å². The first-order chi connectivity index (χ1) is 14.0. The van der Waals surface area contributed by atoms with Crippen molar-refractivity contribution in [1.29, 1.82) is 0 Å². The molecule has 0 radical (unpaired) electrons. The smallest absolute Gasteiger partial charge is 0.270 e. The average Bonchev–Trinajstić information content (AvgIpc) is 2.69. The zero-order valence-corrected chi connectivity index (χ0v) is 17.9. The van der Waals surface area contributed by atoms with E-state index < -0.39 is 27.4 Å². The maximum Gasteiger partial charge on any atom is 0.270 e. The largest absolute Gasteiger partial charge is 0.495 e. The number of hydrazone groups is 1. The number of methoxy groups -OCH3 is 1. The van der Waals surface area contributed by atoms with E-state index in [0.29, 0.717) is 17.0 Å². The number of non-ortho nitro benzene ring substituents is 1. The number of nitrogens with one attached hydrogen (secondary N) is 1. The van der Waals surface area contributed by atoms with Gasteiger partial charge in [-0.3, -0.25) is 19.2 Å². The van der Waals surface area contributed by atoms with E-state index in [-0.39, 0.29) is 16.4 Å². The van der Waals surface area contributed by atoms with Crippen LogP contribution in [0.1, 0.15) is 12.5 Å². The molecule has 0 heterocycles. The number of hydrogen-bond acceptors (Lipinski definition) is 7. The number of carbonyl (C=O) groups is 1. The maximum atomic E-state index is 12.3. The molecule has 2 aromatic rings. The molecule has 2 rings (SSSR count). The summed E-state index contributed by atoms with van der Waals surface area (Å²) >= 11 is 6.05. The maximum absolute atomic E-state index is 12.3. The van der Waals surface area contributed by atoms with Crippen LogP contribution in [0.4, 0.5) is 11.4 Å². The van der Waals surface area contributed by atoms with Gasteiger partial charge in [-0.25, -0.2) is 13.8 Å². The Morgan fingerprint density at radius 1 is 1.30 bits per heavy atom. The molecule has 1 amide bonds. The molecule has 0 aliphatic rings. The van der Waals surface area contributed by atoms with Crippen LogP contribution in [0.25, 0.3) is 0 Å². The first-order valence-corrected chi connectivity index (χ1v) is 10.6. The monoisotopic (exact) mass is 454 g/mol. The van der Waals surface area contributed by atoms with E-state index in [2.05, 4.69) is 10.5 Å². The lowest BCUT2D eigenvalue weighted by molar-refractivity contribution is -0.384. The number of anilines is 1. The van der Waals surface area contributed by atoms with Crippen molar-refractivity contribution in [2.75, 3.05) is 24.2 Å². The molecule has 0 spiro atoms. The molecule has 10 nitrogen and oxygen atoms in total. The molecule has 30 heavy (non-hydrogen) atoms. The van der Waals surface area contributed by atoms with Crippen molar-refractivity contribution in [3.05, 3.63) is 63.2 Å². The third-order valence-electron chi connectivity index (χ3n) is 3.93. The normalized spacial score (nSPS) is 11.7. The molecular formula is C18H19ClN4O6S. The number of carbonyl (C=O) groups excluding carboxylic acids is 1. The second-order valence-corrected chi connectivity index (χ2v) is 8.44. The molecule has 0 saturated heterocycles. The minimum Gasteiger partial charge on any atom is -0.495 e. The van der Waals surface area contributed by atoms with Crippen LogP contribution in [0.15, 0.2) is 47.6 Å². The highest BCUT2D eigenvalue weighted by molar-refractivity contribution is 7.92. The van der Waals surface area contributed by atoms with Gasteiger partial charge in [-0.1, -0.05) is 23.7 Å². The van der Waals surface area contributed by atoms with Crippen LogP contribution >= 0.6 is 11.6 Å². The Balaban J connectivity index is 2.19. The Labute approximate surface area is 178 Å². The number of rotatable bonds is 8. The highest BCUT2D eigenvalue weighted by Crippen LogP contribution is 2.30. The minimum absolute atomic E-state index is 0.118. The summed E-state index contributed by atoms with van der Waals surface area (Å²) in [6.45, 7) is 1.00. The second kappa shape index (κ2) is 9.55. The van der Waals surface area contributed by atoms with Gasteiger partial charge in [0.15, 0.2) is 0 Å². The summed E-state index contributed by atoms with van der Waals surface area (Å²) in [5.74, 6) is -0.354. The van der Waals surface area contributed by atoms with Crippen molar-refractivity contribution in [3.8, 4) is 5.75 Å². The highest BCUT2D eigenvalue weighted by atomic mass is 35.5. The lowest BCUT2D eigenvalue weighted by Gasteiger charge is -2.22. The molecule has 12 heteroatoms. The lowest BCUT2D eigenvalue weighted by Crippen LogP contribution is -2.39. The summed E-state index contributed by atoms with van der Waals surface area (Å²) in [5, 5.41) is 15.0. The number of amides is 1. The third kappa shape index (κ3) is 5.91. The van der Waals surface area contributed by atoms with Crippen LogP contribution in [0.5, 0.6) is 5.75 Å². The predicted octanol–water partition coefficient (Wildman–Crippen LogP) is 2.56. The topological polar surface area (TPSA) is 131 Å². The van der Waals surface area contributed by atoms with Gasteiger partial charge in [0, 0.05) is 17.7 Å². The molecule has 0 bridgehead atoms. The molecule has 1 N–H and O–H groups in total. The molecule has 0 aliphatic heterocycles. The van der Waals surface area contributed by atoms with E-state index in [0.717, 1.165) is 10.6 Å². The Morgan fingerprint density at radius 2 is 2.00 bits per heavy atom. The van der Waals surface area contributed by atoms with Crippen molar-refractivity contribution in [2.24, 2.45) is 5.10 Å². The quantitative estimate of drug-likeness (QED) is 0.370. The first-order valence-electron chi connectivity index (χ1n) is 8.42. The van der Waals surface area contributed by atoms with Gasteiger partial charge in [-0.15, -0.1) is 0 Å². The molecule has 2 aromatic carbocycles. The number of benzene rings is 2. The number of nitro benzene ring substituents is 1. The van der Waals surface area contributed by atoms with Gasteiger partial charge < -0.3 is 4.74 Å². The minimum atomic E-state index is -3.81. The molecule has 0 fully saturated rings. The number of halogens is 1. The van der Waals surface area contributed by atoms with Gasteiger partial charge in [-0.2, -0.15) is 5.10 Å². The van der Waals surface area contributed by atoms with E-state index >= 15 is 0 Å². The Kier molecular flexibility index (Phi) is 7.35. The zero-order valence-electron chi connectivity index (χ0n) is 16.3. The van der Waals surface area contributed by atoms with Gasteiger partial charge in [0.25, 0.3) is 11.6 Å². The third-order valence-corrected chi connectivity index (χ3v) is 5.37. The molecule has 160 valence electrons. The summed E-state index contributed by atoms with van der Waals surface area (Å²) in [5.41, 5.74) is 3.06. The van der Waals surface area contributed by atoms with E-state index in [4.69, 9.17) is 16.3 Å². The van der Waals surface area contributed by atoms with Crippen molar-refractivity contribution >= 4 is 44.6 Å². The molecule has 0 aromatic heterocycles. The standard InChI is InChI=1S/C18H19ClN4O6S/c1-12(13-5-4-6-15(9-13)23(25)26)20-21-18(24)11-22(30(3,27)28)14-7-8-17(29-2)16(19)10-14/h4-10H,11H2,1-3H3,(H,21,24)/b20-12-. The van der Waals surface area contributed by atoms with E-state index in [1.165, 1.54) is 43.5 Å². The number of sulfonamides is 1. The van der Waals surface area contributed by atoms with Crippen molar-refractivity contribution in [1.82, 2.24) is 5.43 Å². The fourth-order valence-corrected chi connectivity index (χ4v) is 3.53. The van der Waals surface area contributed by atoms with Gasteiger partial charge in [0.1, 0.15) is 12.3 Å². The number of ether oxygens (including phenoxy) is 1. The summed E-state index contributed by atoms with van der Waals surface area (Å²) in [6.07, 6.45) is 0.954. The molecule has 0 aliphatic carbocycles. The number of nitrogens with zero attached hydrogens (tertiary/aromatic N) is 3. The zero-order chi connectivity index (χ0) is 22.5. The van der Waals surface area contributed by atoms with Crippen LogP contribution in [0.2, 0.25) is 5.02 Å². The van der Waals surface area contributed by atoms with Crippen LogP contribution in [-0.2, 0) is 14.8 Å². The van der Waals surface area contributed by atoms with Gasteiger partial charge in [0.2, 0.25) is 10.0 Å². The summed E-state index contributed by atoms with van der Waals surface area (Å²) < 4.78 is 30.2. The lowest BCUT2D eigenvalue weighted by atomic mass is 10.1. The van der Waals surface area contributed by atoms with Crippen molar-refractivity contribution in [3.63, 3.8) is 0 Å². The molecule has 0 atom stereocenters. The van der Waals surface area contributed by atoms with Crippen LogP contribution < -0.4 is 14.5 Å². The Hall–Kier alpha value is -3.18. The second-order valence-electron chi connectivity index (χ2n) is 6.13. The SMILES string of the molecule is COc1ccc(N(CC(=O)N/N=C(/C)c2cccc([N+](=O)[O-])c2)S(C)(=O)=O)cc1Cl.